The van der Waals surface area contributed by atoms with E-state index in [0.29, 0.717) is 0 Å². The number of benzene rings is 8. The molecule has 2 heteroatoms. The molecule has 0 N–H and O–H groups in total. The topological polar surface area (TPSA) is 9.86 Å². The van der Waals surface area contributed by atoms with Gasteiger partial charge in [0.15, 0.2) is 0 Å². The minimum Gasteiger partial charge on any atom is -0.310 e. The Labute approximate surface area is 300 Å². The Morgan fingerprint density at radius 3 is 2.00 bits per heavy atom. The largest absolute Gasteiger partial charge is 0.310 e. The lowest BCUT2D eigenvalue weighted by molar-refractivity contribution is 0.909. The highest BCUT2D eigenvalue weighted by Crippen LogP contribution is 2.48. The van der Waals surface area contributed by atoms with E-state index in [1.54, 1.807) is 0 Å². The van der Waals surface area contributed by atoms with Gasteiger partial charge in [-0.25, -0.2) is 0 Å². The third-order valence-electron chi connectivity index (χ3n) is 11.7. The normalized spacial score (nSPS) is 14.6. The quantitative estimate of drug-likeness (QED) is 0.178. The minimum absolute atomic E-state index is 0.280. The smallest absolute Gasteiger partial charge is 0.0547 e. The summed E-state index contributed by atoms with van der Waals surface area (Å²) in [5, 5.41) is 11.7. The lowest BCUT2D eigenvalue weighted by atomic mass is 9.90. The van der Waals surface area contributed by atoms with E-state index in [1.165, 1.54) is 104 Å². The van der Waals surface area contributed by atoms with Crippen molar-refractivity contribution in [1.29, 1.82) is 0 Å². The molecule has 0 spiro atoms. The van der Waals surface area contributed by atoms with Gasteiger partial charge >= 0.3 is 0 Å². The molecule has 0 fully saturated rings. The molecule has 242 valence electrons. The highest BCUT2D eigenvalue weighted by atomic mass is 15.0. The molecular formula is C50H32N2. The molecule has 1 unspecified atom stereocenters. The Bertz CT molecular complexity index is 3270. The van der Waals surface area contributed by atoms with E-state index in [-0.39, 0.29) is 5.92 Å². The summed E-state index contributed by atoms with van der Waals surface area (Å²) in [6.45, 7) is 0. The van der Waals surface area contributed by atoms with Crippen molar-refractivity contribution in [3.8, 4) is 33.6 Å². The fourth-order valence-electron chi connectivity index (χ4n) is 9.42. The van der Waals surface area contributed by atoms with E-state index < -0.39 is 0 Å². The van der Waals surface area contributed by atoms with E-state index in [4.69, 9.17) is 0 Å². The summed E-state index contributed by atoms with van der Waals surface area (Å²) in [5.74, 6) is 0.280. The summed E-state index contributed by atoms with van der Waals surface area (Å²) >= 11 is 0. The molecule has 0 saturated carbocycles. The van der Waals surface area contributed by atoms with Crippen LogP contribution in [-0.4, -0.2) is 9.13 Å². The molecule has 0 aliphatic heterocycles. The fraction of sp³-hybridized carbons (Fsp3) is 0.0400. The number of rotatable bonds is 3. The first-order valence-corrected chi connectivity index (χ1v) is 18.3. The van der Waals surface area contributed by atoms with E-state index in [0.717, 1.165) is 6.42 Å². The van der Waals surface area contributed by atoms with Crippen molar-refractivity contribution < 1.29 is 0 Å². The van der Waals surface area contributed by atoms with Crippen LogP contribution < -0.4 is 10.6 Å². The van der Waals surface area contributed by atoms with Gasteiger partial charge in [0, 0.05) is 44.0 Å². The van der Waals surface area contributed by atoms with Crippen molar-refractivity contribution in [2.24, 2.45) is 0 Å². The molecule has 0 radical (unpaired) electrons. The van der Waals surface area contributed by atoms with Gasteiger partial charge in [-0.2, -0.15) is 0 Å². The van der Waals surface area contributed by atoms with Crippen LogP contribution in [0, 0.1) is 0 Å². The zero-order valence-corrected chi connectivity index (χ0v) is 28.4. The number of hydrogen-bond acceptors (Lipinski definition) is 0. The number of para-hydroxylation sites is 2. The van der Waals surface area contributed by atoms with Gasteiger partial charge in [-0.3, -0.25) is 0 Å². The summed E-state index contributed by atoms with van der Waals surface area (Å²) < 4.78 is 4.93. The summed E-state index contributed by atoms with van der Waals surface area (Å²) in [4.78, 5) is 0. The standard InChI is InChI=1S/C50H32N2/c1-2-14-36(15-3-1)51-46-20-9-8-18-40(46)42-27-33(21-23-47(42)51)34-22-24-48-43(28-34)44-26-31-11-4-5-12-32(31)29-49(44)52(48)37-25-35-13-10-19-41-38-16-6-7-17-39(38)45(30-37)50(35)41/h1-20,22-30,33H,21H2. The predicted octanol–water partition coefficient (Wildman–Crippen LogP) is 11.4. The summed E-state index contributed by atoms with van der Waals surface area (Å²) in [6, 6.07) is 60.8. The molecule has 1 atom stereocenters. The van der Waals surface area contributed by atoms with Crippen LogP contribution in [0.3, 0.4) is 0 Å². The van der Waals surface area contributed by atoms with Crippen molar-refractivity contribution in [1.82, 2.24) is 9.13 Å². The second kappa shape index (κ2) is 10.4. The predicted molar refractivity (Wildman–Crippen MR) is 219 cm³/mol. The first kappa shape index (κ1) is 28.1. The van der Waals surface area contributed by atoms with Crippen molar-refractivity contribution >= 4 is 66.4 Å². The Hall–Kier alpha value is -6.64. The molecule has 2 heterocycles. The molecular weight excluding hydrogens is 629 g/mol. The first-order valence-electron chi connectivity index (χ1n) is 18.3. The second-order valence-corrected chi connectivity index (χ2v) is 14.5. The molecule has 2 aliphatic carbocycles. The maximum atomic E-state index is 2.52. The molecule has 0 saturated heterocycles. The Morgan fingerprint density at radius 1 is 0.423 bits per heavy atom. The lowest BCUT2D eigenvalue weighted by Crippen LogP contribution is -2.31. The third-order valence-corrected chi connectivity index (χ3v) is 11.7. The van der Waals surface area contributed by atoms with Gasteiger partial charge in [-0.1, -0.05) is 121 Å². The van der Waals surface area contributed by atoms with Crippen LogP contribution in [0.15, 0.2) is 164 Å². The van der Waals surface area contributed by atoms with Crippen molar-refractivity contribution in [2.45, 2.75) is 12.3 Å². The first-order chi connectivity index (χ1) is 25.8. The molecule has 0 bridgehead atoms. The number of hydrogen-bond donors (Lipinski definition) is 0. The zero-order valence-electron chi connectivity index (χ0n) is 28.4. The monoisotopic (exact) mass is 660 g/mol. The highest BCUT2D eigenvalue weighted by Gasteiger charge is 2.24. The molecule has 8 aromatic carbocycles. The van der Waals surface area contributed by atoms with Crippen LogP contribution in [0.5, 0.6) is 0 Å². The van der Waals surface area contributed by atoms with Gasteiger partial charge in [-0.15, -0.1) is 0 Å². The van der Waals surface area contributed by atoms with Crippen molar-refractivity contribution in [2.75, 3.05) is 0 Å². The molecule has 12 rings (SSSR count). The van der Waals surface area contributed by atoms with Crippen molar-refractivity contribution in [3.63, 3.8) is 0 Å². The average Bonchev–Trinajstić information content (AvgIpc) is 3.83. The molecule has 10 aromatic rings. The van der Waals surface area contributed by atoms with Gasteiger partial charge in [0.1, 0.15) is 0 Å². The highest BCUT2D eigenvalue weighted by molar-refractivity contribution is 6.17. The van der Waals surface area contributed by atoms with E-state index >= 15 is 0 Å². The molecule has 2 nitrogen and oxygen atoms in total. The Balaban J connectivity index is 1.09. The number of aromatic nitrogens is 2. The van der Waals surface area contributed by atoms with Crippen LogP contribution in [0.4, 0.5) is 0 Å². The van der Waals surface area contributed by atoms with Crippen LogP contribution in [0.2, 0.25) is 0 Å². The fourth-order valence-corrected chi connectivity index (χ4v) is 9.42. The summed E-state index contributed by atoms with van der Waals surface area (Å²) in [6.07, 6.45) is 5.93. The van der Waals surface area contributed by atoms with Crippen LogP contribution in [0.1, 0.15) is 17.9 Å². The van der Waals surface area contributed by atoms with E-state index in [1.807, 2.05) is 0 Å². The van der Waals surface area contributed by atoms with E-state index in [9.17, 15) is 0 Å². The lowest BCUT2D eigenvalue weighted by Gasteiger charge is -2.16. The Kier molecular flexibility index (Phi) is 5.64. The van der Waals surface area contributed by atoms with Crippen LogP contribution in [-0.2, 0) is 0 Å². The summed E-state index contributed by atoms with van der Waals surface area (Å²) in [7, 11) is 0. The van der Waals surface area contributed by atoms with Gasteiger partial charge in [0.05, 0.1) is 16.6 Å². The third kappa shape index (κ3) is 3.84. The van der Waals surface area contributed by atoms with Gasteiger partial charge in [0.25, 0.3) is 0 Å². The van der Waals surface area contributed by atoms with E-state index in [2.05, 4.69) is 185 Å². The van der Waals surface area contributed by atoms with Gasteiger partial charge in [-0.05, 0) is 110 Å². The zero-order chi connectivity index (χ0) is 33.9. The maximum Gasteiger partial charge on any atom is 0.0547 e. The molecule has 2 aliphatic rings. The van der Waals surface area contributed by atoms with Crippen LogP contribution >= 0.6 is 0 Å². The molecule has 0 amide bonds. The van der Waals surface area contributed by atoms with Gasteiger partial charge < -0.3 is 9.13 Å². The molecule has 52 heavy (non-hydrogen) atoms. The van der Waals surface area contributed by atoms with Crippen LogP contribution in [0.25, 0.3) is 100 Å². The Morgan fingerprint density at radius 2 is 1.12 bits per heavy atom. The summed E-state index contributed by atoms with van der Waals surface area (Å²) in [5.41, 5.74) is 12.8. The van der Waals surface area contributed by atoms with Gasteiger partial charge in [0.2, 0.25) is 0 Å². The molecule has 2 aromatic heterocycles. The number of fused-ring (bicyclic) bond motifs is 10. The SMILES string of the molecule is C1=c2c(n(-c3ccccc3)c3ccccc23)=CCC1c1ccc2c(c1)c1cc3ccccc3cc1n2-c1cc2c3c(cccc3c1)-c1ccccc1-2. The van der Waals surface area contributed by atoms with Crippen molar-refractivity contribution in [3.05, 3.63) is 180 Å². The number of nitrogens with zero attached hydrogens (tertiary/aromatic N) is 2. The maximum absolute atomic E-state index is 2.52. The minimum atomic E-state index is 0.280. The average molecular weight is 661 g/mol. The second-order valence-electron chi connectivity index (χ2n) is 14.5.